The Balaban J connectivity index is 1.92. The van der Waals surface area contributed by atoms with Gasteiger partial charge in [-0.2, -0.15) is 11.8 Å². The van der Waals surface area contributed by atoms with Gasteiger partial charge in [0, 0.05) is 22.9 Å². The molecule has 1 aromatic carbocycles. The zero-order chi connectivity index (χ0) is 13.7. The molecule has 1 saturated carbocycles. The normalized spacial score (nSPS) is 24.4. The van der Waals surface area contributed by atoms with Gasteiger partial charge in [0.1, 0.15) is 5.75 Å². The summed E-state index contributed by atoms with van der Waals surface area (Å²) in [6.45, 7) is 4.49. The number of para-hydroxylation sites is 1. The first-order valence-corrected chi connectivity index (χ1v) is 8.30. The fourth-order valence-corrected chi connectivity index (χ4v) is 4.09. The minimum atomic E-state index is 0.353. The van der Waals surface area contributed by atoms with E-state index >= 15 is 0 Å². The van der Waals surface area contributed by atoms with Gasteiger partial charge in [-0.15, -0.1) is 0 Å². The van der Waals surface area contributed by atoms with Crippen molar-refractivity contribution >= 4 is 11.8 Å². The van der Waals surface area contributed by atoms with Crippen LogP contribution in [0.5, 0.6) is 5.75 Å². The number of ether oxygens (including phenoxy) is 1. The maximum atomic E-state index is 5.45. The van der Waals surface area contributed by atoms with Crippen LogP contribution in [0.15, 0.2) is 24.3 Å². The van der Waals surface area contributed by atoms with Crippen molar-refractivity contribution in [2.45, 2.75) is 50.4 Å². The number of rotatable bonds is 6. The van der Waals surface area contributed by atoms with Gasteiger partial charge in [-0.3, -0.25) is 0 Å². The largest absolute Gasteiger partial charge is 0.496 e. The minimum absolute atomic E-state index is 0.353. The van der Waals surface area contributed by atoms with Crippen LogP contribution in [0.2, 0.25) is 0 Å². The van der Waals surface area contributed by atoms with Crippen LogP contribution >= 0.6 is 11.8 Å². The maximum Gasteiger partial charge on any atom is 0.123 e. The molecule has 0 radical (unpaired) electrons. The molecule has 0 bridgehead atoms. The highest BCUT2D eigenvalue weighted by Gasteiger charge is 2.26. The molecule has 3 heteroatoms. The molecule has 3 unspecified atom stereocenters. The summed E-state index contributed by atoms with van der Waals surface area (Å²) in [6.07, 6.45) is 3.96. The molecule has 0 aliphatic heterocycles. The Morgan fingerprint density at radius 2 is 2.16 bits per heavy atom. The van der Waals surface area contributed by atoms with Crippen LogP contribution in [0.3, 0.4) is 0 Å². The number of hydrogen-bond donors (Lipinski definition) is 1. The van der Waals surface area contributed by atoms with Gasteiger partial charge in [0.05, 0.1) is 7.11 Å². The van der Waals surface area contributed by atoms with Crippen molar-refractivity contribution in [2.75, 3.05) is 12.9 Å². The van der Waals surface area contributed by atoms with E-state index in [4.69, 9.17) is 4.74 Å². The third-order valence-electron chi connectivity index (χ3n) is 3.88. The van der Waals surface area contributed by atoms with E-state index in [0.29, 0.717) is 12.1 Å². The van der Waals surface area contributed by atoms with Crippen molar-refractivity contribution in [1.82, 2.24) is 5.32 Å². The second-order valence-electron chi connectivity index (χ2n) is 5.22. The fraction of sp³-hybridized carbons (Fsp3) is 0.625. The number of benzene rings is 1. The summed E-state index contributed by atoms with van der Waals surface area (Å²) in [5, 5.41) is 4.62. The SMILES string of the molecule is CCSC1CCC(NC(C)c2ccccc2OC)C1. The number of nitrogens with one attached hydrogen (secondary N) is 1. The first kappa shape index (κ1) is 14.7. The van der Waals surface area contributed by atoms with Gasteiger partial charge in [0.25, 0.3) is 0 Å². The third kappa shape index (κ3) is 3.90. The molecule has 1 N–H and O–H groups in total. The second kappa shape index (κ2) is 7.20. The summed E-state index contributed by atoms with van der Waals surface area (Å²) in [5.41, 5.74) is 1.26. The van der Waals surface area contributed by atoms with Crippen LogP contribution in [0.1, 0.15) is 44.7 Å². The molecule has 0 aromatic heterocycles. The Hall–Kier alpha value is -0.670. The number of methoxy groups -OCH3 is 1. The molecular formula is C16H25NOS. The Bertz CT molecular complexity index is 396. The molecule has 0 spiro atoms. The van der Waals surface area contributed by atoms with Crippen LogP contribution in [-0.4, -0.2) is 24.2 Å². The van der Waals surface area contributed by atoms with Gasteiger partial charge in [-0.25, -0.2) is 0 Å². The zero-order valence-electron chi connectivity index (χ0n) is 12.2. The molecule has 2 nitrogen and oxygen atoms in total. The van der Waals surface area contributed by atoms with E-state index in [0.717, 1.165) is 11.0 Å². The molecule has 0 amide bonds. The molecule has 0 heterocycles. The van der Waals surface area contributed by atoms with Gasteiger partial charge < -0.3 is 10.1 Å². The fourth-order valence-electron chi connectivity index (χ4n) is 2.95. The lowest BCUT2D eigenvalue weighted by Crippen LogP contribution is -2.29. The van der Waals surface area contributed by atoms with E-state index in [1.54, 1.807) is 7.11 Å². The quantitative estimate of drug-likeness (QED) is 0.850. The second-order valence-corrected chi connectivity index (χ2v) is 6.79. The molecule has 1 aliphatic carbocycles. The lowest BCUT2D eigenvalue weighted by atomic mass is 10.1. The predicted octanol–water partition coefficient (Wildman–Crippen LogP) is 4.02. The van der Waals surface area contributed by atoms with E-state index in [9.17, 15) is 0 Å². The standard InChI is InChI=1S/C16H25NOS/c1-4-19-14-10-9-13(11-14)17-12(2)15-7-5-6-8-16(15)18-3/h5-8,12-14,17H,4,9-11H2,1-3H3. The van der Waals surface area contributed by atoms with Gasteiger partial charge in [-0.1, -0.05) is 25.1 Å². The highest BCUT2D eigenvalue weighted by molar-refractivity contribution is 7.99. The Labute approximate surface area is 121 Å². The molecule has 3 atom stereocenters. The van der Waals surface area contributed by atoms with Gasteiger partial charge in [0.2, 0.25) is 0 Å². The number of thioether (sulfide) groups is 1. The highest BCUT2D eigenvalue weighted by Crippen LogP contribution is 2.32. The van der Waals surface area contributed by atoms with Crippen LogP contribution in [0, 0.1) is 0 Å². The Morgan fingerprint density at radius 3 is 2.89 bits per heavy atom. The third-order valence-corrected chi connectivity index (χ3v) is 5.11. The summed E-state index contributed by atoms with van der Waals surface area (Å²) < 4.78 is 5.45. The molecule has 19 heavy (non-hydrogen) atoms. The van der Waals surface area contributed by atoms with E-state index in [1.807, 2.05) is 12.1 Å². The van der Waals surface area contributed by atoms with Gasteiger partial charge in [-0.05, 0) is 38.0 Å². The molecule has 1 aromatic rings. The van der Waals surface area contributed by atoms with E-state index in [1.165, 1.54) is 30.6 Å². The summed E-state index contributed by atoms with van der Waals surface area (Å²) in [4.78, 5) is 0. The Kier molecular flexibility index (Phi) is 5.59. The summed E-state index contributed by atoms with van der Waals surface area (Å²) in [6, 6.07) is 9.32. The lowest BCUT2D eigenvalue weighted by molar-refractivity contribution is 0.393. The van der Waals surface area contributed by atoms with Gasteiger partial charge >= 0.3 is 0 Å². The number of hydrogen-bond acceptors (Lipinski definition) is 3. The predicted molar refractivity (Wildman–Crippen MR) is 84.1 cm³/mol. The summed E-state index contributed by atoms with van der Waals surface area (Å²) in [7, 11) is 1.75. The minimum Gasteiger partial charge on any atom is -0.496 e. The van der Waals surface area contributed by atoms with Crippen molar-refractivity contribution in [3.8, 4) is 5.75 Å². The van der Waals surface area contributed by atoms with Gasteiger partial charge in [0.15, 0.2) is 0 Å². The molecule has 106 valence electrons. The molecule has 1 aliphatic rings. The molecule has 1 fully saturated rings. The molecule has 2 rings (SSSR count). The first-order chi connectivity index (χ1) is 9.24. The maximum absolute atomic E-state index is 5.45. The zero-order valence-corrected chi connectivity index (χ0v) is 13.0. The van der Waals surface area contributed by atoms with E-state index < -0.39 is 0 Å². The lowest BCUT2D eigenvalue weighted by Gasteiger charge is -2.21. The van der Waals surface area contributed by atoms with Crippen molar-refractivity contribution < 1.29 is 4.74 Å². The van der Waals surface area contributed by atoms with Crippen molar-refractivity contribution in [3.05, 3.63) is 29.8 Å². The van der Waals surface area contributed by atoms with Crippen molar-refractivity contribution in [1.29, 1.82) is 0 Å². The average Bonchev–Trinajstić information content (AvgIpc) is 2.86. The van der Waals surface area contributed by atoms with Crippen molar-refractivity contribution in [3.63, 3.8) is 0 Å². The topological polar surface area (TPSA) is 21.3 Å². The van der Waals surface area contributed by atoms with E-state index in [2.05, 4.69) is 43.1 Å². The average molecular weight is 279 g/mol. The smallest absolute Gasteiger partial charge is 0.123 e. The van der Waals surface area contributed by atoms with Crippen LogP contribution in [-0.2, 0) is 0 Å². The summed E-state index contributed by atoms with van der Waals surface area (Å²) in [5.74, 6) is 2.22. The summed E-state index contributed by atoms with van der Waals surface area (Å²) >= 11 is 2.11. The van der Waals surface area contributed by atoms with Crippen LogP contribution in [0.4, 0.5) is 0 Å². The van der Waals surface area contributed by atoms with E-state index in [-0.39, 0.29) is 0 Å². The molecular weight excluding hydrogens is 254 g/mol. The molecule has 0 saturated heterocycles. The van der Waals surface area contributed by atoms with Crippen LogP contribution in [0.25, 0.3) is 0 Å². The highest BCUT2D eigenvalue weighted by atomic mass is 32.2. The van der Waals surface area contributed by atoms with Crippen molar-refractivity contribution in [2.24, 2.45) is 0 Å². The van der Waals surface area contributed by atoms with Crippen LogP contribution < -0.4 is 10.1 Å². The first-order valence-electron chi connectivity index (χ1n) is 7.25. The monoisotopic (exact) mass is 279 g/mol. The Morgan fingerprint density at radius 1 is 1.37 bits per heavy atom.